The summed E-state index contributed by atoms with van der Waals surface area (Å²) >= 11 is 4.53. The van der Waals surface area contributed by atoms with Gasteiger partial charge in [-0.1, -0.05) is 0 Å². The van der Waals surface area contributed by atoms with E-state index in [2.05, 4.69) is 15.9 Å². The van der Waals surface area contributed by atoms with Crippen LogP contribution in [0.5, 0.6) is 0 Å². The summed E-state index contributed by atoms with van der Waals surface area (Å²) in [5, 5.41) is 9.51. The van der Waals surface area contributed by atoms with Gasteiger partial charge in [0.1, 0.15) is 0 Å². The molecule has 6 heteroatoms. The Hall–Kier alpha value is -0.0700. The summed E-state index contributed by atoms with van der Waals surface area (Å²) in [5.74, 6) is 0. The van der Waals surface area contributed by atoms with Crippen molar-refractivity contribution >= 4 is 27.3 Å². The number of aliphatic hydroxyl groups is 1. The van der Waals surface area contributed by atoms with Crippen molar-refractivity contribution < 1.29 is 18.3 Å². The van der Waals surface area contributed by atoms with Gasteiger partial charge in [0.15, 0.2) is 0 Å². The molecule has 1 N–H and O–H groups in total. The first-order valence-corrected chi connectivity index (χ1v) is 5.91. The summed E-state index contributed by atoms with van der Waals surface area (Å²) in [6.07, 6.45) is -6.47. The Morgan fingerprint density at radius 2 is 2.13 bits per heavy atom. The van der Waals surface area contributed by atoms with Crippen molar-refractivity contribution in [3.05, 3.63) is 20.3 Å². The number of aryl methyl sites for hydroxylation is 1. The zero-order valence-corrected chi connectivity index (χ0v) is 10.3. The Morgan fingerprint density at radius 3 is 2.53 bits per heavy atom. The predicted molar refractivity (Wildman–Crippen MR) is 57.0 cm³/mol. The fraction of sp³-hybridized carbons (Fsp3) is 0.556. The Labute approximate surface area is 98.1 Å². The summed E-state index contributed by atoms with van der Waals surface area (Å²) in [6.45, 7) is 1.83. The third kappa shape index (κ3) is 4.12. The molecule has 15 heavy (non-hydrogen) atoms. The summed E-state index contributed by atoms with van der Waals surface area (Å²) in [7, 11) is 0. The van der Waals surface area contributed by atoms with Crippen LogP contribution >= 0.6 is 27.3 Å². The fourth-order valence-corrected chi connectivity index (χ4v) is 2.68. The second-order valence-corrected chi connectivity index (χ2v) is 5.68. The van der Waals surface area contributed by atoms with Crippen LogP contribution in [0.25, 0.3) is 0 Å². The van der Waals surface area contributed by atoms with Gasteiger partial charge in [-0.25, -0.2) is 0 Å². The first-order valence-electron chi connectivity index (χ1n) is 4.30. The summed E-state index contributed by atoms with van der Waals surface area (Å²) in [4.78, 5) is 0.573. The number of halogens is 4. The molecule has 0 amide bonds. The molecule has 0 aliphatic rings. The van der Waals surface area contributed by atoms with E-state index in [1.54, 1.807) is 6.07 Å². The second kappa shape index (κ2) is 4.84. The number of thiophene rings is 1. The van der Waals surface area contributed by atoms with Gasteiger partial charge in [-0.3, -0.25) is 0 Å². The van der Waals surface area contributed by atoms with Crippen molar-refractivity contribution in [1.82, 2.24) is 0 Å². The fourth-order valence-electron chi connectivity index (χ4n) is 1.09. The monoisotopic (exact) mass is 302 g/mol. The molecule has 0 aliphatic carbocycles. The van der Waals surface area contributed by atoms with Crippen molar-refractivity contribution in [2.24, 2.45) is 0 Å². The maximum atomic E-state index is 11.9. The van der Waals surface area contributed by atoms with Crippen LogP contribution in [0.2, 0.25) is 0 Å². The van der Waals surface area contributed by atoms with Crippen LogP contribution < -0.4 is 0 Å². The van der Waals surface area contributed by atoms with Gasteiger partial charge in [-0.05, 0) is 40.9 Å². The first-order chi connectivity index (χ1) is 6.79. The van der Waals surface area contributed by atoms with E-state index >= 15 is 0 Å². The first kappa shape index (κ1) is 13.0. The minimum atomic E-state index is -4.20. The van der Waals surface area contributed by atoms with Crippen LogP contribution in [0, 0.1) is 6.92 Å². The van der Waals surface area contributed by atoms with Gasteiger partial charge in [0, 0.05) is 11.3 Å². The van der Waals surface area contributed by atoms with Crippen molar-refractivity contribution in [3.8, 4) is 0 Å². The number of hydrogen-bond acceptors (Lipinski definition) is 2. The molecule has 1 aromatic heterocycles. The Bertz CT molecular complexity index is 315. The van der Waals surface area contributed by atoms with E-state index in [0.717, 1.165) is 9.35 Å². The normalized spacial score (nSPS) is 14.3. The standard InChI is InChI=1S/C9H10BrF3OS/c1-5-4-7(15-8(5)10)6(14)2-3-9(11,12)13/h4,6,14H,2-3H2,1H3. The lowest BCUT2D eigenvalue weighted by molar-refractivity contribution is -0.140. The molecule has 1 nitrogen and oxygen atoms in total. The van der Waals surface area contributed by atoms with Crippen LogP contribution in [-0.2, 0) is 0 Å². The van der Waals surface area contributed by atoms with Gasteiger partial charge >= 0.3 is 6.18 Å². The average Bonchev–Trinajstić information content (AvgIpc) is 2.42. The van der Waals surface area contributed by atoms with Crippen molar-refractivity contribution in [2.45, 2.75) is 32.0 Å². The molecule has 0 radical (unpaired) electrons. The van der Waals surface area contributed by atoms with Crippen LogP contribution in [0.1, 0.15) is 29.4 Å². The van der Waals surface area contributed by atoms with Crippen LogP contribution in [0.3, 0.4) is 0 Å². The maximum absolute atomic E-state index is 11.9. The molecule has 1 rings (SSSR count). The molecular formula is C9H10BrF3OS. The minimum Gasteiger partial charge on any atom is -0.388 e. The van der Waals surface area contributed by atoms with E-state index in [-0.39, 0.29) is 6.42 Å². The summed E-state index contributed by atoms with van der Waals surface area (Å²) < 4.78 is 36.5. The van der Waals surface area contributed by atoms with E-state index in [0.29, 0.717) is 4.88 Å². The highest BCUT2D eigenvalue weighted by Gasteiger charge is 2.28. The Balaban J connectivity index is 2.58. The third-order valence-corrected chi connectivity index (χ3v) is 4.14. The van der Waals surface area contributed by atoms with Gasteiger partial charge in [0.2, 0.25) is 0 Å². The van der Waals surface area contributed by atoms with E-state index in [1.165, 1.54) is 11.3 Å². The Morgan fingerprint density at radius 1 is 1.53 bits per heavy atom. The van der Waals surface area contributed by atoms with Gasteiger partial charge in [-0.15, -0.1) is 11.3 Å². The topological polar surface area (TPSA) is 20.2 Å². The molecular weight excluding hydrogens is 293 g/mol. The molecule has 1 heterocycles. The van der Waals surface area contributed by atoms with Crippen molar-refractivity contribution in [3.63, 3.8) is 0 Å². The highest BCUT2D eigenvalue weighted by molar-refractivity contribution is 9.11. The van der Waals surface area contributed by atoms with Gasteiger partial charge in [0.25, 0.3) is 0 Å². The van der Waals surface area contributed by atoms with Crippen molar-refractivity contribution in [2.75, 3.05) is 0 Å². The summed E-state index contributed by atoms with van der Waals surface area (Å²) in [6, 6.07) is 1.70. The zero-order valence-electron chi connectivity index (χ0n) is 7.94. The largest absolute Gasteiger partial charge is 0.389 e. The smallest absolute Gasteiger partial charge is 0.388 e. The molecule has 0 aromatic carbocycles. The lowest BCUT2D eigenvalue weighted by atomic mass is 10.1. The molecule has 1 atom stereocenters. The molecule has 1 unspecified atom stereocenters. The number of aliphatic hydroxyl groups excluding tert-OH is 1. The van der Waals surface area contributed by atoms with E-state index < -0.39 is 18.7 Å². The SMILES string of the molecule is Cc1cc(C(O)CCC(F)(F)F)sc1Br. The number of hydrogen-bond donors (Lipinski definition) is 1. The zero-order chi connectivity index (χ0) is 11.6. The molecule has 0 saturated heterocycles. The maximum Gasteiger partial charge on any atom is 0.389 e. The van der Waals surface area contributed by atoms with Crippen molar-refractivity contribution in [1.29, 1.82) is 0 Å². The predicted octanol–water partition coefficient (Wildman–Crippen LogP) is 4.19. The highest BCUT2D eigenvalue weighted by Crippen LogP contribution is 2.34. The van der Waals surface area contributed by atoms with Gasteiger partial charge in [-0.2, -0.15) is 13.2 Å². The average molecular weight is 303 g/mol. The lowest BCUT2D eigenvalue weighted by Gasteiger charge is -2.10. The third-order valence-electron chi connectivity index (χ3n) is 1.91. The van der Waals surface area contributed by atoms with E-state index in [1.807, 2.05) is 6.92 Å². The highest BCUT2D eigenvalue weighted by atomic mass is 79.9. The molecule has 1 aromatic rings. The van der Waals surface area contributed by atoms with Gasteiger partial charge in [0.05, 0.1) is 9.89 Å². The van der Waals surface area contributed by atoms with Crippen LogP contribution in [0.15, 0.2) is 9.85 Å². The number of rotatable bonds is 3. The van der Waals surface area contributed by atoms with Crippen LogP contribution in [0.4, 0.5) is 13.2 Å². The Kier molecular flexibility index (Phi) is 4.20. The molecule has 86 valence electrons. The molecule has 0 aliphatic heterocycles. The van der Waals surface area contributed by atoms with E-state index in [4.69, 9.17) is 0 Å². The quantitative estimate of drug-likeness (QED) is 0.887. The number of alkyl halides is 3. The summed E-state index contributed by atoms with van der Waals surface area (Å²) in [5.41, 5.74) is 0.932. The minimum absolute atomic E-state index is 0.282. The molecule has 0 bridgehead atoms. The van der Waals surface area contributed by atoms with Gasteiger partial charge < -0.3 is 5.11 Å². The molecule has 0 saturated carbocycles. The lowest BCUT2D eigenvalue weighted by Crippen LogP contribution is -2.09. The van der Waals surface area contributed by atoms with Crippen LogP contribution in [-0.4, -0.2) is 11.3 Å². The molecule has 0 spiro atoms. The van der Waals surface area contributed by atoms with E-state index in [9.17, 15) is 18.3 Å². The second-order valence-electron chi connectivity index (χ2n) is 3.28. The molecule has 0 fully saturated rings.